The second-order valence-electron chi connectivity index (χ2n) is 5.58. The van der Waals surface area contributed by atoms with Crippen molar-refractivity contribution in [1.82, 2.24) is 15.0 Å². The summed E-state index contributed by atoms with van der Waals surface area (Å²) < 4.78 is 2.00. The Balaban J connectivity index is 2.00. The van der Waals surface area contributed by atoms with Crippen LogP contribution in [0.25, 0.3) is 11.0 Å². The highest BCUT2D eigenvalue weighted by atomic mass is 15.4. The van der Waals surface area contributed by atoms with Crippen LogP contribution in [0.5, 0.6) is 0 Å². The lowest BCUT2D eigenvalue weighted by molar-refractivity contribution is 0.0966. The van der Waals surface area contributed by atoms with E-state index in [4.69, 9.17) is 5.26 Å². The van der Waals surface area contributed by atoms with Crippen molar-refractivity contribution in [3.05, 3.63) is 23.8 Å². The van der Waals surface area contributed by atoms with Gasteiger partial charge in [-0.3, -0.25) is 0 Å². The second-order valence-corrected chi connectivity index (χ2v) is 5.58. The standard InChI is InChI=1S/C13H14N4/c1-13(2)6-10(7-13)17-12-4-3-9(8-14)5-11(12)15-16-17/h3-5,10H,6-7H2,1-2H3. The van der Waals surface area contributed by atoms with Gasteiger partial charge in [-0.2, -0.15) is 5.26 Å². The highest BCUT2D eigenvalue weighted by Crippen LogP contribution is 2.47. The Bertz CT molecular complexity index is 610. The number of benzene rings is 1. The fourth-order valence-electron chi connectivity index (χ4n) is 2.67. The van der Waals surface area contributed by atoms with Gasteiger partial charge in [0.15, 0.2) is 0 Å². The van der Waals surface area contributed by atoms with E-state index in [0.717, 1.165) is 23.9 Å². The third-order valence-electron chi connectivity index (χ3n) is 3.52. The van der Waals surface area contributed by atoms with Crippen molar-refractivity contribution < 1.29 is 0 Å². The van der Waals surface area contributed by atoms with Crippen LogP contribution in [0.2, 0.25) is 0 Å². The first kappa shape index (κ1) is 10.3. The molecule has 3 rings (SSSR count). The summed E-state index contributed by atoms with van der Waals surface area (Å²) in [5, 5.41) is 17.2. The molecule has 1 aromatic heterocycles. The largest absolute Gasteiger partial charge is 0.242 e. The number of hydrogen-bond acceptors (Lipinski definition) is 3. The summed E-state index contributed by atoms with van der Waals surface area (Å²) in [6.45, 7) is 4.55. The van der Waals surface area contributed by atoms with Crippen molar-refractivity contribution >= 4 is 11.0 Å². The van der Waals surface area contributed by atoms with E-state index in [9.17, 15) is 0 Å². The molecular formula is C13H14N4. The van der Waals surface area contributed by atoms with E-state index in [1.807, 2.05) is 16.8 Å². The Morgan fingerprint density at radius 3 is 2.82 bits per heavy atom. The maximum Gasteiger partial charge on any atom is 0.114 e. The van der Waals surface area contributed by atoms with Crippen molar-refractivity contribution in [1.29, 1.82) is 5.26 Å². The fraction of sp³-hybridized carbons (Fsp3) is 0.462. The number of nitrogens with zero attached hydrogens (tertiary/aromatic N) is 4. The Morgan fingerprint density at radius 1 is 1.41 bits per heavy atom. The topological polar surface area (TPSA) is 54.5 Å². The first-order valence-corrected chi connectivity index (χ1v) is 5.84. The monoisotopic (exact) mass is 226 g/mol. The second kappa shape index (κ2) is 3.30. The summed E-state index contributed by atoms with van der Waals surface area (Å²) >= 11 is 0. The minimum atomic E-state index is 0.426. The average molecular weight is 226 g/mol. The van der Waals surface area contributed by atoms with Gasteiger partial charge in [0.1, 0.15) is 5.52 Å². The predicted molar refractivity (Wildman–Crippen MR) is 64.3 cm³/mol. The number of fused-ring (bicyclic) bond motifs is 1. The smallest absolute Gasteiger partial charge is 0.114 e. The van der Waals surface area contributed by atoms with Crippen LogP contribution in [0.4, 0.5) is 0 Å². The third kappa shape index (κ3) is 1.59. The Morgan fingerprint density at radius 2 is 2.18 bits per heavy atom. The highest BCUT2D eigenvalue weighted by molar-refractivity contribution is 5.76. The zero-order valence-corrected chi connectivity index (χ0v) is 10.0. The summed E-state index contributed by atoms with van der Waals surface area (Å²) in [7, 11) is 0. The number of hydrogen-bond donors (Lipinski definition) is 0. The van der Waals surface area contributed by atoms with Gasteiger partial charge in [0.2, 0.25) is 0 Å². The molecule has 1 fully saturated rings. The highest BCUT2D eigenvalue weighted by Gasteiger charge is 2.38. The fourth-order valence-corrected chi connectivity index (χ4v) is 2.67. The average Bonchev–Trinajstić information content (AvgIpc) is 2.67. The molecular weight excluding hydrogens is 212 g/mol. The normalized spacial score (nSPS) is 18.9. The van der Waals surface area contributed by atoms with Gasteiger partial charge >= 0.3 is 0 Å². The Kier molecular flexibility index (Phi) is 1.99. The minimum absolute atomic E-state index is 0.426. The van der Waals surface area contributed by atoms with Gasteiger partial charge in [-0.25, -0.2) is 4.68 Å². The molecule has 4 heteroatoms. The van der Waals surface area contributed by atoms with E-state index >= 15 is 0 Å². The molecule has 1 aliphatic carbocycles. The predicted octanol–water partition coefficient (Wildman–Crippen LogP) is 2.66. The van der Waals surface area contributed by atoms with E-state index in [-0.39, 0.29) is 0 Å². The van der Waals surface area contributed by atoms with Crippen molar-refractivity contribution in [2.75, 3.05) is 0 Å². The lowest BCUT2D eigenvalue weighted by Gasteiger charge is -2.42. The SMILES string of the molecule is CC1(C)CC(n2nnc3cc(C#N)ccc32)C1. The minimum Gasteiger partial charge on any atom is -0.242 e. The van der Waals surface area contributed by atoms with Gasteiger partial charge in [-0.15, -0.1) is 5.10 Å². The molecule has 0 spiro atoms. The molecule has 0 N–H and O–H groups in total. The molecule has 0 unspecified atom stereocenters. The van der Waals surface area contributed by atoms with Crippen LogP contribution in [0, 0.1) is 16.7 Å². The quantitative estimate of drug-likeness (QED) is 0.751. The Hall–Kier alpha value is -1.89. The van der Waals surface area contributed by atoms with Gasteiger partial charge in [-0.1, -0.05) is 19.1 Å². The first-order chi connectivity index (χ1) is 8.09. The maximum absolute atomic E-state index is 8.83. The molecule has 1 aromatic carbocycles. The number of rotatable bonds is 1. The van der Waals surface area contributed by atoms with Crippen molar-refractivity contribution in [2.45, 2.75) is 32.7 Å². The van der Waals surface area contributed by atoms with Crippen LogP contribution in [0.3, 0.4) is 0 Å². The maximum atomic E-state index is 8.83. The molecule has 1 aliphatic rings. The van der Waals surface area contributed by atoms with Crippen LogP contribution in [0.15, 0.2) is 18.2 Å². The lowest BCUT2D eigenvalue weighted by atomic mass is 9.68. The molecule has 1 heterocycles. The molecule has 4 nitrogen and oxygen atoms in total. The zero-order chi connectivity index (χ0) is 12.0. The summed E-state index contributed by atoms with van der Waals surface area (Å²) in [4.78, 5) is 0. The van der Waals surface area contributed by atoms with Gasteiger partial charge in [0, 0.05) is 0 Å². The van der Waals surface area contributed by atoms with E-state index < -0.39 is 0 Å². The number of nitriles is 1. The summed E-state index contributed by atoms with van der Waals surface area (Å²) in [6.07, 6.45) is 2.29. The van der Waals surface area contributed by atoms with Crippen molar-refractivity contribution in [2.24, 2.45) is 5.41 Å². The van der Waals surface area contributed by atoms with Gasteiger partial charge in [0.25, 0.3) is 0 Å². The number of aromatic nitrogens is 3. The molecule has 17 heavy (non-hydrogen) atoms. The van der Waals surface area contributed by atoms with E-state index in [1.54, 1.807) is 6.07 Å². The molecule has 0 aliphatic heterocycles. The van der Waals surface area contributed by atoms with E-state index in [0.29, 0.717) is 17.0 Å². The molecule has 86 valence electrons. The molecule has 0 bridgehead atoms. The summed E-state index contributed by atoms with van der Waals surface area (Å²) in [5.41, 5.74) is 2.91. The van der Waals surface area contributed by atoms with Crippen LogP contribution in [0.1, 0.15) is 38.3 Å². The zero-order valence-electron chi connectivity index (χ0n) is 10.0. The van der Waals surface area contributed by atoms with Crippen LogP contribution in [-0.2, 0) is 0 Å². The molecule has 2 aromatic rings. The summed E-state index contributed by atoms with van der Waals surface area (Å²) in [5.74, 6) is 0. The van der Waals surface area contributed by atoms with Crippen molar-refractivity contribution in [3.63, 3.8) is 0 Å². The lowest BCUT2D eigenvalue weighted by Crippen LogP contribution is -2.34. The molecule has 0 atom stereocenters. The molecule has 0 amide bonds. The van der Waals surface area contributed by atoms with E-state index in [1.165, 1.54) is 0 Å². The van der Waals surface area contributed by atoms with Gasteiger partial charge in [-0.05, 0) is 36.5 Å². The van der Waals surface area contributed by atoms with E-state index in [2.05, 4.69) is 30.2 Å². The molecule has 0 saturated heterocycles. The van der Waals surface area contributed by atoms with Crippen LogP contribution >= 0.6 is 0 Å². The van der Waals surface area contributed by atoms with Gasteiger partial charge in [0.05, 0.1) is 23.2 Å². The van der Waals surface area contributed by atoms with Gasteiger partial charge < -0.3 is 0 Å². The van der Waals surface area contributed by atoms with Crippen LogP contribution < -0.4 is 0 Å². The third-order valence-corrected chi connectivity index (χ3v) is 3.52. The summed E-state index contributed by atoms with van der Waals surface area (Å²) in [6, 6.07) is 8.15. The van der Waals surface area contributed by atoms with Crippen molar-refractivity contribution in [3.8, 4) is 6.07 Å². The Labute approximate surface area is 99.8 Å². The molecule has 1 saturated carbocycles. The first-order valence-electron chi connectivity index (χ1n) is 5.84. The van der Waals surface area contributed by atoms with Crippen LogP contribution in [-0.4, -0.2) is 15.0 Å². The molecule has 0 radical (unpaired) electrons.